The Morgan fingerprint density at radius 2 is 2.11 bits per heavy atom. The summed E-state index contributed by atoms with van der Waals surface area (Å²) in [4.78, 5) is 16.5. The van der Waals surface area contributed by atoms with Crippen LogP contribution < -0.4 is 4.74 Å². The maximum absolute atomic E-state index is 12.5. The van der Waals surface area contributed by atoms with E-state index < -0.39 is 0 Å². The van der Waals surface area contributed by atoms with Crippen LogP contribution in [0.1, 0.15) is 28.4 Å². The van der Waals surface area contributed by atoms with Crippen LogP contribution in [0.15, 0.2) is 41.1 Å². The molecular weight excluding hydrogens is 306 g/mol. The molecule has 0 saturated heterocycles. The number of benzene rings is 1. The minimum atomic E-state index is -0.0652. The first-order valence-corrected chi connectivity index (χ1v) is 6.80. The highest BCUT2D eigenvalue weighted by atomic mass is 79.9. The molecular formula is C15H14BrNO2. The van der Waals surface area contributed by atoms with Crippen LogP contribution in [0.25, 0.3) is 0 Å². The van der Waals surface area contributed by atoms with Gasteiger partial charge in [0.1, 0.15) is 5.75 Å². The number of hydrogen-bond acceptors (Lipinski definition) is 3. The molecule has 0 fully saturated rings. The zero-order chi connectivity index (χ0) is 13.8. The monoisotopic (exact) mass is 319 g/mol. The molecule has 0 aliphatic rings. The maximum Gasteiger partial charge on any atom is 0.195 e. The number of nitrogens with zero attached hydrogens (tertiary/aromatic N) is 1. The van der Waals surface area contributed by atoms with Gasteiger partial charge in [-0.2, -0.15) is 0 Å². The molecule has 0 saturated carbocycles. The van der Waals surface area contributed by atoms with Crippen molar-refractivity contribution in [3.8, 4) is 5.75 Å². The van der Waals surface area contributed by atoms with Gasteiger partial charge in [-0.3, -0.25) is 9.78 Å². The summed E-state index contributed by atoms with van der Waals surface area (Å²) in [6.45, 7) is 4.40. The van der Waals surface area contributed by atoms with Crippen molar-refractivity contribution in [3.63, 3.8) is 0 Å². The second kappa shape index (κ2) is 5.97. The van der Waals surface area contributed by atoms with Crippen LogP contribution >= 0.6 is 15.9 Å². The Balaban J connectivity index is 2.38. The van der Waals surface area contributed by atoms with Gasteiger partial charge in [0.05, 0.1) is 12.8 Å². The predicted octanol–water partition coefficient (Wildman–Crippen LogP) is 3.78. The summed E-state index contributed by atoms with van der Waals surface area (Å²) in [5, 5.41) is 0. The van der Waals surface area contributed by atoms with Crippen molar-refractivity contribution in [1.29, 1.82) is 0 Å². The van der Waals surface area contributed by atoms with E-state index in [1.807, 2.05) is 32.0 Å². The van der Waals surface area contributed by atoms with Gasteiger partial charge in [-0.15, -0.1) is 0 Å². The topological polar surface area (TPSA) is 39.2 Å². The number of ketones is 1. The smallest absolute Gasteiger partial charge is 0.195 e. The number of carbonyl (C=O) groups excluding carboxylic acids is 1. The van der Waals surface area contributed by atoms with E-state index >= 15 is 0 Å². The van der Waals surface area contributed by atoms with Crippen LogP contribution in [-0.4, -0.2) is 17.4 Å². The highest BCUT2D eigenvalue weighted by molar-refractivity contribution is 9.10. The average Bonchev–Trinajstić information content (AvgIpc) is 2.41. The largest absolute Gasteiger partial charge is 0.492 e. The molecule has 0 amide bonds. The van der Waals surface area contributed by atoms with Crippen molar-refractivity contribution >= 4 is 21.7 Å². The quantitative estimate of drug-likeness (QED) is 0.805. The lowest BCUT2D eigenvalue weighted by molar-refractivity contribution is 0.103. The normalized spacial score (nSPS) is 10.3. The van der Waals surface area contributed by atoms with E-state index in [1.165, 1.54) is 0 Å². The lowest BCUT2D eigenvalue weighted by Crippen LogP contribution is -2.04. The van der Waals surface area contributed by atoms with Gasteiger partial charge in [-0.1, -0.05) is 27.6 Å². The summed E-state index contributed by atoms with van der Waals surface area (Å²) in [6, 6.07) is 7.41. The Hall–Kier alpha value is -1.68. The summed E-state index contributed by atoms with van der Waals surface area (Å²) in [5.41, 5.74) is 2.20. The molecule has 0 N–H and O–H groups in total. The van der Waals surface area contributed by atoms with Crippen molar-refractivity contribution in [3.05, 3.63) is 57.8 Å². The number of halogens is 1. The Morgan fingerprint density at radius 3 is 2.84 bits per heavy atom. The fourth-order valence-electron chi connectivity index (χ4n) is 1.76. The summed E-state index contributed by atoms with van der Waals surface area (Å²) in [7, 11) is 0. The van der Waals surface area contributed by atoms with E-state index in [0.29, 0.717) is 23.5 Å². The minimum Gasteiger partial charge on any atom is -0.492 e. The number of aromatic nitrogens is 1. The van der Waals surface area contributed by atoms with Crippen LogP contribution in [0, 0.1) is 6.92 Å². The van der Waals surface area contributed by atoms with Gasteiger partial charge >= 0.3 is 0 Å². The molecule has 2 rings (SSSR count). The molecule has 1 aromatic carbocycles. The van der Waals surface area contributed by atoms with Gasteiger partial charge in [-0.25, -0.2) is 0 Å². The van der Waals surface area contributed by atoms with E-state index in [0.717, 1.165) is 10.0 Å². The lowest BCUT2D eigenvalue weighted by atomic mass is 10.0. The number of aryl methyl sites for hydroxylation is 1. The molecule has 0 atom stereocenters. The zero-order valence-corrected chi connectivity index (χ0v) is 12.4. The molecule has 1 aromatic heterocycles. The van der Waals surface area contributed by atoms with Crippen molar-refractivity contribution in [2.45, 2.75) is 13.8 Å². The van der Waals surface area contributed by atoms with Gasteiger partial charge in [0.15, 0.2) is 5.78 Å². The first-order chi connectivity index (χ1) is 9.11. The second-order valence-electron chi connectivity index (χ2n) is 4.15. The van der Waals surface area contributed by atoms with Crippen molar-refractivity contribution in [2.24, 2.45) is 0 Å². The SMILES string of the molecule is CCOc1cncc(C(=O)c2cc(C)ccc2Br)c1. The van der Waals surface area contributed by atoms with Crippen LogP contribution in [0.2, 0.25) is 0 Å². The highest BCUT2D eigenvalue weighted by Gasteiger charge is 2.14. The van der Waals surface area contributed by atoms with Crippen LogP contribution in [0.5, 0.6) is 5.75 Å². The Kier molecular flexibility index (Phi) is 4.32. The Morgan fingerprint density at radius 1 is 1.32 bits per heavy atom. The lowest BCUT2D eigenvalue weighted by Gasteiger charge is -2.07. The van der Waals surface area contributed by atoms with Gasteiger partial charge in [0.25, 0.3) is 0 Å². The summed E-state index contributed by atoms with van der Waals surface area (Å²) in [6.07, 6.45) is 3.16. The molecule has 3 nitrogen and oxygen atoms in total. The van der Waals surface area contributed by atoms with Crippen molar-refractivity contribution in [2.75, 3.05) is 6.61 Å². The van der Waals surface area contributed by atoms with E-state index in [9.17, 15) is 4.79 Å². The molecule has 0 aliphatic carbocycles. The van der Waals surface area contributed by atoms with E-state index in [-0.39, 0.29) is 5.78 Å². The first-order valence-electron chi connectivity index (χ1n) is 6.00. The van der Waals surface area contributed by atoms with E-state index in [2.05, 4.69) is 20.9 Å². The minimum absolute atomic E-state index is 0.0652. The Bertz CT molecular complexity index is 611. The average molecular weight is 320 g/mol. The molecule has 0 radical (unpaired) electrons. The van der Waals surface area contributed by atoms with Gasteiger partial charge in [-0.05, 0) is 32.0 Å². The molecule has 0 unspecified atom stereocenters. The number of pyridine rings is 1. The van der Waals surface area contributed by atoms with Crippen LogP contribution in [0.3, 0.4) is 0 Å². The number of carbonyl (C=O) groups is 1. The fourth-order valence-corrected chi connectivity index (χ4v) is 2.18. The molecule has 0 bridgehead atoms. The zero-order valence-electron chi connectivity index (χ0n) is 10.8. The maximum atomic E-state index is 12.5. The molecule has 2 aromatic rings. The molecule has 19 heavy (non-hydrogen) atoms. The summed E-state index contributed by atoms with van der Waals surface area (Å²) >= 11 is 3.41. The second-order valence-corrected chi connectivity index (χ2v) is 5.01. The van der Waals surface area contributed by atoms with E-state index in [1.54, 1.807) is 18.5 Å². The fraction of sp³-hybridized carbons (Fsp3) is 0.200. The Labute approximate surface area is 120 Å². The van der Waals surface area contributed by atoms with Crippen molar-refractivity contribution in [1.82, 2.24) is 4.98 Å². The number of ether oxygens (including phenoxy) is 1. The highest BCUT2D eigenvalue weighted by Crippen LogP contribution is 2.22. The van der Waals surface area contributed by atoms with Crippen LogP contribution in [0.4, 0.5) is 0 Å². The predicted molar refractivity (Wildman–Crippen MR) is 77.7 cm³/mol. The summed E-state index contributed by atoms with van der Waals surface area (Å²) < 4.78 is 6.14. The van der Waals surface area contributed by atoms with Gasteiger partial charge in [0, 0.05) is 21.8 Å². The standard InChI is InChI=1S/C15H14BrNO2/c1-3-19-12-7-11(8-17-9-12)15(18)13-6-10(2)4-5-14(13)16/h4-9H,3H2,1-2H3. The van der Waals surface area contributed by atoms with Gasteiger partial charge < -0.3 is 4.74 Å². The number of hydrogen-bond donors (Lipinski definition) is 0. The van der Waals surface area contributed by atoms with Crippen LogP contribution in [-0.2, 0) is 0 Å². The first kappa shape index (κ1) is 13.7. The van der Waals surface area contributed by atoms with Gasteiger partial charge in [0.2, 0.25) is 0 Å². The molecule has 1 heterocycles. The number of rotatable bonds is 4. The van der Waals surface area contributed by atoms with E-state index in [4.69, 9.17) is 4.74 Å². The third-order valence-corrected chi connectivity index (χ3v) is 3.34. The van der Waals surface area contributed by atoms with Crippen molar-refractivity contribution < 1.29 is 9.53 Å². The third-order valence-electron chi connectivity index (χ3n) is 2.65. The molecule has 0 aliphatic heterocycles. The third kappa shape index (κ3) is 3.20. The molecule has 4 heteroatoms. The molecule has 0 spiro atoms. The summed E-state index contributed by atoms with van der Waals surface area (Å²) in [5.74, 6) is 0.543. The molecule has 98 valence electrons.